The molecule has 39 heavy (non-hydrogen) atoms. The molecule has 0 saturated carbocycles. The Balaban J connectivity index is 1.49. The van der Waals surface area contributed by atoms with E-state index in [-0.39, 0.29) is 0 Å². The maximum Gasteiger partial charge on any atom is 0.0562 e. The zero-order chi connectivity index (χ0) is 25.9. The van der Waals surface area contributed by atoms with Crippen LogP contribution in [0.25, 0.3) is 66.1 Å². The average Bonchev–Trinajstić information content (AvgIpc) is 3.50. The minimum absolute atomic E-state index is 0.717. The van der Waals surface area contributed by atoms with Crippen molar-refractivity contribution in [1.29, 1.82) is 0 Å². The Labute approximate surface area is 230 Å². The van der Waals surface area contributed by atoms with Crippen LogP contribution >= 0.6 is 11.6 Å². The molecule has 2 heterocycles. The molecule has 8 rings (SSSR count). The largest absolute Gasteiger partial charge is 0.309 e. The van der Waals surface area contributed by atoms with Crippen LogP contribution in [0.2, 0.25) is 5.02 Å². The lowest BCUT2D eigenvalue weighted by atomic mass is 10.0. The summed E-state index contributed by atoms with van der Waals surface area (Å²) in [6.07, 6.45) is 0. The molecule has 0 unspecified atom stereocenters. The standard InChI is InChI=1S/C36H23ClN2/c37-25-18-20-27(24-10-2-1-3-11-24)35(22-25)39-34-17-9-6-14-30(34)31-21-19-26(23-36(31)39)38-32-15-7-4-12-28(32)29-13-5-8-16-33(29)38/h1-23H. The van der Waals surface area contributed by atoms with Crippen LogP contribution in [0.3, 0.4) is 0 Å². The minimum Gasteiger partial charge on any atom is -0.309 e. The van der Waals surface area contributed by atoms with E-state index in [1.54, 1.807) is 0 Å². The molecule has 0 N–H and O–H groups in total. The van der Waals surface area contributed by atoms with Crippen LogP contribution < -0.4 is 0 Å². The molecule has 0 amide bonds. The summed E-state index contributed by atoms with van der Waals surface area (Å²) in [5, 5.41) is 5.67. The van der Waals surface area contributed by atoms with Crippen molar-refractivity contribution in [2.24, 2.45) is 0 Å². The number of benzene rings is 6. The summed E-state index contributed by atoms with van der Waals surface area (Å²) in [6.45, 7) is 0. The van der Waals surface area contributed by atoms with Crippen LogP contribution in [0, 0.1) is 0 Å². The van der Waals surface area contributed by atoms with E-state index >= 15 is 0 Å². The molecular weight excluding hydrogens is 496 g/mol. The van der Waals surface area contributed by atoms with Gasteiger partial charge in [-0.2, -0.15) is 0 Å². The summed E-state index contributed by atoms with van der Waals surface area (Å²) >= 11 is 6.65. The first-order chi connectivity index (χ1) is 19.3. The highest BCUT2D eigenvalue weighted by Crippen LogP contribution is 2.39. The lowest BCUT2D eigenvalue weighted by Gasteiger charge is -2.15. The maximum absolute atomic E-state index is 6.65. The molecule has 0 aliphatic heterocycles. The monoisotopic (exact) mass is 518 g/mol. The van der Waals surface area contributed by atoms with Crippen LogP contribution in [-0.4, -0.2) is 9.13 Å². The molecule has 0 radical (unpaired) electrons. The van der Waals surface area contributed by atoms with Crippen LogP contribution in [0.1, 0.15) is 0 Å². The van der Waals surface area contributed by atoms with Crippen molar-refractivity contribution < 1.29 is 0 Å². The number of aromatic nitrogens is 2. The van der Waals surface area contributed by atoms with Crippen molar-refractivity contribution in [3.05, 3.63) is 145 Å². The number of hydrogen-bond acceptors (Lipinski definition) is 0. The number of rotatable bonds is 3. The molecule has 6 aromatic carbocycles. The Morgan fingerprint density at radius 1 is 0.410 bits per heavy atom. The Kier molecular flexibility index (Phi) is 4.91. The molecule has 184 valence electrons. The summed E-state index contributed by atoms with van der Waals surface area (Å²) in [5.41, 5.74) is 9.22. The van der Waals surface area contributed by atoms with E-state index in [2.05, 4.69) is 143 Å². The van der Waals surface area contributed by atoms with Gasteiger partial charge in [0, 0.05) is 37.8 Å². The Morgan fingerprint density at radius 2 is 0.949 bits per heavy atom. The summed E-state index contributed by atoms with van der Waals surface area (Å²) in [6, 6.07) is 49.5. The lowest BCUT2D eigenvalue weighted by Crippen LogP contribution is -1.99. The first kappa shape index (κ1) is 22.2. The predicted molar refractivity (Wildman–Crippen MR) is 166 cm³/mol. The first-order valence-electron chi connectivity index (χ1n) is 13.1. The Morgan fingerprint density at radius 3 is 1.59 bits per heavy atom. The lowest BCUT2D eigenvalue weighted by molar-refractivity contribution is 1.16. The topological polar surface area (TPSA) is 9.86 Å². The van der Waals surface area contributed by atoms with E-state index in [1.807, 2.05) is 6.07 Å². The van der Waals surface area contributed by atoms with E-state index < -0.39 is 0 Å². The highest BCUT2D eigenvalue weighted by molar-refractivity contribution is 6.31. The number of nitrogens with zero attached hydrogens (tertiary/aromatic N) is 2. The van der Waals surface area contributed by atoms with Gasteiger partial charge in [0.2, 0.25) is 0 Å². The average molecular weight is 519 g/mol. The molecule has 0 saturated heterocycles. The SMILES string of the molecule is Clc1ccc(-c2ccccc2)c(-n2c3ccccc3c3ccc(-n4c5ccccc5c5ccccc54)cc32)c1. The number of fused-ring (bicyclic) bond motifs is 6. The molecule has 0 bridgehead atoms. The fraction of sp³-hybridized carbons (Fsp3) is 0. The van der Waals surface area contributed by atoms with E-state index in [0.29, 0.717) is 5.02 Å². The molecule has 0 fully saturated rings. The van der Waals surface area contributed by atoms with Gasteiger partial charge in [0.15, 0.2) is 0 Å². The number of halogens is 1. The summed E-state index contributed by atoms with van der Waals surface area (Å²) in [5.74, 6) is 0. The number of para-hydroxylation sites is 3. The Hall–Kier alpha value is -4.79. The molecule has 2 nitrogen and oxygen atoms in total. The van der Waals surface area contributed by atoms with Gasteiger partial charge in [-0.1, -0.05) is 109 Å². The van der Waals surface area contributed by atoms with Crippen molar-refractivity contribution >= 4 is 55.2 Å². The third-order valence-corrected chi connectivity index (χ3v) is 8.02. The van der Waals surface area contributed by atoms with Gasteiger partial charge >= 0.3 is 0 Å². The van der Waals surface area contributed by atoms with Crippen LogP contribution in [0.5, 0.6) is 0 Å². The van der Waals surface area contributed by atoms with Crippen molar-refractivity contribution in [3.8, 4) is 22.5 Å². The first-order valence-corrected chi connectivity index (χ1v) is 13.5. The minimum atomic E-state index is 0.717. The van der Waals surface area contributed by atoms with Crippen molar-refractivity contribution in [2.75, 3.05) is 0 Å². The van der Waals surface area contributed by atoms with Crippen molar-refractivity contribution in [3.63, 3.8) is 0 Å². The van der Waals surface area contributed by atoms with Gasteiger partial charge in [-0.15, -0.1) is 0 Å². The van der Waals surface area contributed by atoms with E-state index in [4.69, 9.17) is 11.6 Å². The second-order valence-electron chi connectivity index (χ2n) is 9.95. The molecule has 3 heteroatoms. The Bertz CT molecular complexity index is 2130. The summed E-state index contributed by atoms with van der Waals surface area (Å²) in [4.78, 5) is 0. The molecular formula is C36H23ClN2. The fourth-order valence-corrected chi connectivity index (χ4v) is 6.28. The highest BCUT2D eigenvalue weighted by atomic mass is 35.5. The molecule has 0 spiro atoms. The molecule has 2 aromatic heterocycles. The zero-order valence-corrected chi connectivity index (χ0v) is 21.8. The second kappa shape index (κ2) is 8.62. The van der Waals surface area contributed by atoms with Gasteiger partial charge in [-0.05, 0) is 48.0 Å². The molecule has 0 atom stereocenters. The third kappa shape index (κ3) is 3.35. The molecule has 0 aliphatic rings. The van der Waals surface area contributed by atoms with Crippen LogP contribution in [0.4, 0.5) is 0 Å². The van der Waals surface area contributed by atoms with E-state index in [9.17, 15) is 0 Å². The van der Waals surface area contributed by atoms with Crippen LogP contribution in [-0.2, 0) is 0 Å². The number of hydrogen-bond donors (Lipinski definition) is 0. The summed E-state index contributed by atoms with van der Waals surface area (Å²) < 4.78 is 4.75. The van der Waals surface area contributed by atoms with Gasteiger partial charge in [0.1, 0.15) is 0 Å². The predicted octanol–water partition coefficient (Wildman–Crippen LogP) is 10.2. The zero-order valence-electron chi connectivity index (χ0n) is 21.1. The smallest absolute Gasteiger partial charge is 0.0562 e. The van der Waals surface area contributed by atoms with Crippen LogP contribution in [0.15, 0.2) is 140 Å². The van der Waals surface area contributed by atoms with E-state index in [1.165, 1.54) is 32.6 Å². The third-order valence-electron chi connectivity index (χ3n) is 7.78. The fourth-order valence-electron chi connectivity index (χ4n) is 6.11. The van der Waals surface area contributed by atoms with Gasteiger partial charge in [0.05, 0.1) is 27.8 Å². The van der Waals surface area contributed by atoms with Gasteiger partial charge in [-0.3, -0.25) is 0 Å². The molecule has 0 aliphatic carbocycles. The van der Waals surface area contributed by atoms with Crippen molar-refractivity contribution in [2.45, 2.75) is 0 Å². The normalized spacial score (nSPS) is 11.7. The van der Waals surface area contributed by atoms with Gasteiger partial charge < -0.3 is 9.13 Å². The van der Waals surface area contributed by atoms with Gasteiger partial charge in [-0.25, -0.2) is 0 Å². The maximum atomic E-state index is 6.65. The quantitative estimate of drug-likeness (QED) is 0.220. The molecule has 8 aromatic rings. The second-order valence-corrected chi connectivity index (χ2v) is 10.4. The van der Waals surface area contributed by atoms with Gasteiger partial charge in [0.25, 0.3) is 0 Å². The summed E-state index contributed by atoms with van der Waals surface area (Å²) in [7, 11) is 0. The van der Waals surface area contributed by atoms with E-state index in [0.717, 1.165) is 33.5 Å². The van der Waals surface area contributed by atoms with Crippen molar-refractivity contribution in [1.82, 2.24) is 9.13 Å². The highest BCUT2D eigenvalue weighted by Gasteiger charge is 2.18.